The van der Waals surface area contributed by atoms with E-state index in [9.17, 15) is 0 Å². The summed E-state index contributed by atoms with van der Waals surface area (Å²) in [5.74, 6) is 0. The summed E-state index contributed by atoms with van der Waals surface area (Å²) in [6, 6.07) is 147. The third-order valence-corrected chi connectivity index (χ3v) is 21.0. The van der Waals surface area contributed by atoms with Crippen molar-refractivity contribution in [3.8, 4) is 111 Å². The summed E-state index contributed by atoms with van der Waals surface area (Å²) in [6.07, 6.45) is 0. The standard InChI is InChI=1S/C101H72N2/c1-101(2)99-67-84(54-58-97(99)98-59-57-92(68-100(98)101)103(89-35-19-31-78(64-89)79-47-46-70-24-12-13-29-76(70)60-79)91-37-21-33-86(66-91)96-41-17-15-39-94(96)75-27-10-5-11-28-75)83-51-50-81-61-80(48-49-82(81)62-83)77-30-18-34-88(63-77)102(87-55-52-73(53-56-87)72-44-42-71(43-45-72)69-22-6-3-7-23-69)90-36-20-32-85(65-90)95-40-16-14-38-93(95)74-25-8-4-9-26-74/h3-68H,1-2H3. The fourth-order valence-corrected chi connectivity index (χ4v) is 15.7. The van der Waals surface area contributed by atoms with E-state index in [4.69, 9.17) is 0 Å². The second-order valence-electron chi connectivity index (χ2n) is 27.6. The second kappa shape index (κ2) is 26.5. The van der Waals surface area contributed by atoms with Gasteiger partial charge >= 0.3 is 0 Å². The van der Waals surface area contributed by atoms with Gasteiger partial charge in [0.05, 0.1) is 0 Å². The molecule has 486 valence electrons. The highest BCUT2D eigenvalue weighted by molar-refractivity contribution is 5.96. The Labute approximate surface area is 603 Å². The number of rotatable bonds is 15. The molecule has 1 aliphatic rings. The fourth-order valence-electron chi connectivity index (χ4n) is 15.7. The van der Waals surface area contributed by atoms with Crippen LogP contribution in [0, 0.1) is 0 Å². The first-order valence-electron chi connectivity index (χ1n) is 35.7. The van der Waals surface area contributed by atoms with Crippen LogP contribution >= 0.6 is 0 Å². The lowest BCUT2D eigenvalue weighted by Gasteiger charge is -2.29. The Hall–Kier alpha value is -13.1. The summed E-state index contributed by atoms with van der Waals surface area (Å²) >= 11 is 0. The van der Waals surface area contributed by atoms with Crippen molar-refractivity contribution in [2.75, 3.05) is 9.80 Å². The van der Waals surface area contributed by atoms with Crippen LogP contribution in [0.3, 0.4) is 0 Å². The van der Waals surface area contributed by atoms with Gasteiger partial charge in [-0.05, 0) is 241 Å². The quantitative estimate of drug-likeness (QED) is 0.101. The second-order valence-corrected chi connectivity index (χ2v) is 27.6. The molecule has 0 saturated heterocycles. The van der Waals surface area contributed by atoms with Crippen molar-refractivity contribution in [3.63, 3.8) is 0 Å². The lowest BCUT2D eigenvalue weighted by atomic mass is 9.81. The maximum absolute atomic E-state index is 2.46. The molecule has 0 radical (unpaired) electrons. The molecule has 0 saturated carbocycles. The molecule has 0 spiro atoms. The number of anilines is 6. The molecule has 2 heteroatoms. The van der Waals surface area contributed by atoms with Crippen LogP contribution in [0.1, 0.15) is 25.0 Å². The first kappa shape index (κ1) is 62.1. The zero-order chi connectivity index (χ0) is 68.8. The minimum Gasteiger partial charge on any atom is -0.310 e. The molecule has 0 heterocycles. The van der Waals surface area contributed by atoms with E-state index in [0.29, 0.717) is 0 Å². The van der Waals surface area contributed by atoms with Crippen LogP contribution in [-0.2, 0) is 5.41 Å². The smallest absolute Gasteiger partial charge is 0.0467 e. The summed E-state index contributed by atoms with van der Waals surface area (Å²) in [5, 5.41) is 4.86. The Bertz CT molecular complexity index is 6010. The number of fused-ring (bicyclic) bond motifs is 5. The topological polar surface area (TPSA) is 6.48 Å². The third-order valence-electron chi connectivity index (χ3n) is 21.0. The molecular formula is C101H72N2. The Morgan fingerprint density at radius 1 is 0.155 bits per heavy atom. The van der Waals surface area contributed by atoms with Crippen LogP contribution in [0.2, 0.25) is 0 Å². The van der Waals surface area contributed by atoms with Crippen LogP contribution < -0.4 is 9.80 Å². The van der Waals surface area contributed by atoms with Crippen molar-refractivity contribution in [1.29, 1.82) is 0 Å². The Kier molecular flexibility index (Phi) is 16.0. The number of benzene rings is 17. The summed E-state index contributed by atoms with van der Waals surface area (Å²) in [6.45, 7) is 4.80. The molecule has 18 rings (SSSR count). The van der Waals surface area contributed by atoms with Crippen molar-refractivity contribution < 1.29 is 0 Å². The maximum Gasteiger partial charge on any atom is 0.0467 e. The largest absolute Gasteiger partial charge is 0.310 e. The molecule has 17 aromatic rings. The van der Waals surface area contributed by atoms with E-state index >= 15 is 0 Å². The molecule has 103 heavy (non-hydrogen) atoms. The average molecular weight is 1310 g/mol. The molecule has 0 amide bonds. The summed E-state index contributed by atoms with van der Waals surface area (Å²) in [4.78, 5) is 4.86. The predicted molar refractivity (Wildman–Crippen MR) is 437 cm³/mol. The van der Waals surface area contributed by atoms with E-state index in [-0.39, 0.29) is 5.41 Å². The molecule has 0 aliphatic heterocycles. The minimum absolute atomic E-state index is 0.294. The van der Waals surface area contributed by atoms with Gasteiger partial charge in [0.2, 0.25) is 0 Å². The third kappa shape index (κ3) is 11.9. The summed E-state index contributed by atoms with van der Waals surface area (Å²) in [7, 11) is 0. The van der Waals surface area contributed by atoms with Crippen LogP contribution in [0.4, 0.5) is 34.1 Å². The van der Waals surface area contributed by atoms with Crippen molar-refractivity contribution in [3.05, 3.63) is 412 Å². The maximum atomic E-state index is 2.46. The Morgan fingerprint density at radius 3 is 0.903 bits per heavy atom. The van der Waals surface area contributed by atoms with Gasteiger partial charge in [0.1, 0.15) is 0 Å². The Balaban J connectivity index is 0.661. The molecule has 0 fully saturated rings. The molecule has 0 N–H and O–H groups in total. The van der Waals surface area contributed by atoms with E-state index in [0.717, 1.165) is 56.4 Å². The summed E-state index contributed by atoms with van der Waals surface area (Å²) < 4.78 is 0. The molecule has 2 nitrogen and oxygen atoms in total. The van der Waals surface area contributed by atoms with Gasteiger partial charge in [-0.1, -0.05) is 317 Å². The molecule has 0 unspecified atom stereocenters. The molecule has 1 aliphatic carbocycles. The van der Waals surface area contributed by atoms with Crippen molar-refractivity contribution in [1.82, 2.24) is 0 Å². The fraction of sp³-hybridized carbons (Fsp3) is 0.0297. The van der Waals surface area contributed by atoms with Crippen molar-refractivity contribution in [2.45, 2.75) is 19.3 Å². The van der Waals surface area contributed by atoms with Crippen molar-refractivity contribution in [2.24, 2.45) is 0 Å². The molecule has 17 aromatic carbocycles. The van der Waals surface area contributed by atoms with Gasteiger partial charge in [-0.15, -0.1) is 0 Å². The molecule has 0 bridgehead atoms. The van der Waals surface area contributed by atoms with Crippen LogP contribution in [0.25, 0.3) is 133 Å². The van der Waals surface area contributed by atoms with E-state index in [1.54, 1.807) is 0 Å². The van der Waals surface area contributed by atoms with Gasteiger partial charge < -0.3 is 9.80 Å². The zero-order valence-electron chi connectivity index (χ0n) is 57.5. The first-order chi connectivity index (χ1) is 50.8. The van der Waals surface area contributed by atoms with Gasteiger partial charge in [0.15, 0.2) is 0 Å². The van der Waals surface area contributed by atoms with Gasteiger partial charge in [-0.3, -0.25) is 0 Å². The highest BCUT2D eigenvalue weighted by Gasteiger charge is 2.37. The average Bonchev–Trinajstić information content (AvgIpc) is 1.57. The highest BCUT2D eigenvalue weighted by atomic mass is 15.1. The first-order valence-corrected chi connectivity index (χ1v) is 35.7. The van der Waals surface area contributed by atoms with Crippen LogP contribution in [0.15, 0.2) is 400 Å². The number of hydrogen-bond donors (Lipinski definition) is 0. The normalized spacial score (nSPS) is 12.1. The van der Waals surface area contributed by atoms with E-state index < -0.39 is 0 Å². The van der Waals surface area contributed by atoms with Crippen LogP contribution in [0.5, 0.6) is 0 Å². The molecular weight excluding hydrogens is 1240 g/mol. The lowest BCUT2D eigenvalue weighted by Crippen LogP contribution is -2.16. The van der Waals surface area contributed by atoms with E-state index in [1.165, 1.54) is 122 Å². The number of hydrogen-bond acceptors (Lipinski definition) is 2. The van der Waals surface area contributed by atoms with E-state index in [2.05, 4.69) is 424 Å². The molecule has 0 aromatic heterocycles. The monoisotopic (exact) mass is 1310 g/mol. The zero-order valence-corrected chi connectivity index (χ0v) is 57.5. The van der Waals surface area contributed by atoms with Crippen LogP contribution in [-0.4, -0.2) is 0 Å². The number of nitrogens with zero attached hydrogens (tertiary/aromatic N) is 2. The van der Waals surface area contributed by atoms with Gasteiger partial charge in [0.25, 0.3) is 0 Å². The Morgan fingerprint density at radius 2 is 0.427 bits per heavy atom. The van der Waals surface area contributed by atoms with Gasteiger partial charge in [-0.2, -0.15) is 0 Å². The summed E-state index contributed by atoms with van der Waals surface area (Å²) in [5.41, 5.74) is 32.8. The highest BCUT2D eigenvalue weighted by Crippen LogP contribution is 2.53. The lowest BCUT2D eigenvalue weighted by molar-refractivity contribution is 0.660. The SMILES string of the molecule is CC1(C)c2cc(-c3ccc4cc(-c5cccc(N(c6ccc(-c7ccc(-c8ccccc8)cc7)cc6)c6cccc(-c7ccccc7-c7ccccc7)c6)c5)ccc4c3)ccc2-c2ccc(N(c3cccc(-c4ccc5ccccc5c4)c3)c3cccc(-c4ccccc4-c4ccccc4)c3)cc21. The van der Waals surface area contributed by atoms with E-state index in [1.807, 2.05) is 0 Å². The predicted octanol–water partition coefficient (Wildman–Crippen LogP) is 28.2. The molecule has 0 atom stereocenters. The van der Waals surface area contributed by atoms with Gasteiger partial charge in [0, 0.05) is 39.5 Å². The van der Waals surface area contributed by atoms with Crippen molar-refractivity contribution >= 4 is 55.7 Å². The van der Waals surface area contributed by atoms with Gasteiger partial charge in [-0.25, -0.2) is 0 Å². The minimum atomic E-state index is -0.294.